The number of aromatic nitrogens is 2. The first-order valence-electron chi connectivity index (χ1n) is 10.9. The summed E-state index contributed by atoms with van der Waals surface area (Å²) in [5.41, 5.74) is 16.2. The van der Waals surface area contributed by atoms with Crippen LogP contribution in [-0.4, -0.2) is 21.2 Å². The predicted octanol–water partition coefficient (Wildman–Crippen LogP) is 3.82. The van der Waals surface area contributed by atoms with Crippen LogP contribution < -0.4 is 16.8 Å². The van der Waals surface area contributed by atoms with Crippen LogP contribution in [0.3, 0.4) is 0 Å². The van der Waals surface area contributed by atoms with Crippen molar-refractivity contribution in [1.29, 1.82) is 0 Å². The molecule has 0 aliphatic heterocycles. The molecular formula is C25H25N5O2. The molecule has 2 aromatic heterocycles. The number of nitrogens with one attached hydrogen (secondary N) is 1. The number of carbonyl (C=O) groups is 2. The molecule has 7 heteroatoms. The maximum Gasteiger partial charge on any atom is 0.251 e. The fraction of sp³-hybridized carbons (Fsp3) is 0.240. The van der Waals surface area contributed by atoms with Crippen molar-refractivity contribution >= 4 is 45.0 Å². The molecule has 7 nitrogen and oxygen atoms in total. The van der Waals surface area contributed by atoms with Gasteiger partial charge in [0.15, 0.2) is 5.78 Å². The van der Waals surface area contributed by atoms with E-state index >= 15 is 0 Å². The topological polar surface area (TPSA) is 116 Å². The third kappa shape index (κ3) is 3.26. The van der Waals surface area contributed by atoms with E-state index in [1.165, 1.54) is 0 Å². The third-order valence-corrected chi connectivity index (χ3v) is 6.24. The highest BCUT2D eigenvalue weighted by Gasteiger charge is 2.25. The lowest BCUT2D eigenvalue weighted by Crippen LogP contribution is -2.22. The van der Waals surface area contributed by atoms with E-state index in [1.54, 1.807) is 6.07 Å². The molecule has 1 amide bonds. The van der Waals surface area contributed by atoms with E-state index in [9.17, 15) is 9.59 Å². The highest BCUT2D eigenvalue weighted by atomic mass is 16.1. The Morgan fingerprint density at radius 2 is 1.94 bits per heavy atom. The van der Waals surface area contributed by atoms with Crippen molar-refractivity contribution in [2.75, 3.05) is 11.5 Å². The second-order valence-corrected chi connectivity index (χ2v) is 8.25. The summed E-state index contributed by atoms with van der Waals surface area (Å²) < 4.78 is 2.08. The SMILES string of the molecule is CCn1c2c(c3cc(C(=O)NCc4ccc5c(N)nc(N)cc5c4)ccc31)CCCC2=O. The summed E-state index contributed by atoms with van der Waals surface area (Å²) in [6, 6.07) is 13.2. The normalized spacial score (nSPS) is 13.5. The zero-order valence-electron chi connectivity index (χ0n) is 17.9. The molecule has 0 spiro atoms. The van der Waals surface area contributed by atoms with Gasteiger partial charge in [0.25, 0.3) is 5.91 Å². The van der Waals surface area contributed by atoms with Crippen molar-refractivity contribution in [3.05, 3.63) is 64.8 Å². The summed E-state index contributed by atoms with van der Waals surface area (Å²) in [7, 11) is 0. The van der Waals surface area contributed by atoms with E-state index in [4.69, 9.17) is 11.5 Å². The minimum absolute atomic E-state index is 0.152. The average molecular weight is 428 g/mol. The van der Waals surface area contributed by atoms with Crippen LogP contribution in [0, 0.1) is 0 Å². The number of hydrogen-bond acceptors (Lipinski definition) is 5. The first-order chi connectivity index (χ1) is 15.5. The van der Waals surface area contributed by atoms with E-state index in [0.717, 1.165) is 57.9 Å². The quantitative estimate of drug-likeness (QED) is 0.458. The summed E-state index contributed by atoms with van der Waals surface area (Å²) in [6.45, 7) is 3.15. The molecule has 1 aliphatic rings. The zero-order chi connectivity index (χ0) is 22.4. The van der Waals surface area contributed by atoms with Gasteiger partial charge in [0.1, 0.15) is 11.6 Å². The van der Waals surface area contributed by atoms with Crippen LogP contribution >= 0.6 is 0 Å². The molecule has 32 heavy (non-hydrogen) atoms. The molecule has 162 valence electrons. The number of benzene rings is 2. The van der Waals surface area contributed by atoms with Gasteiger partial charge in [0, 0.05) is 41.4 Å². The lowest BCUT2D eigenvalue weighted by Gasteiger charge is -2.13. The Morgan fingerprint density at radius 1 is 1.09 bits per heavy atom. The Morgan fingerprint density at radius 3 is 2.75 bits per heavy atom. The summed E-state index contributed by atoms with van der Waals surface area (Å²) in [5.74, 6) is 0.805. The first-order valence-corrected chi connectivity index (χ1v) is 10.9. The molecule has 5 N–H and O–H groups in total. The van der Waals surface area contributed by atoms with Crippen LogP contribution in [0.1, 0.15) is 51.7 Å². The number of carbonyl (C=O) groups excluding carboxylic acids is 2. The van der Waals surface area contributed by atoms with Crippen molar-refractivity contribution in [3.8, 4) is 0 Å². The minimum Gasteiger partial charge on any atom is -0.384 e. The number of nitrogens with zero attached hydrogens (tertiary/aromatic N) is 2. The number of aryl methyl sites for hydroxylation is 2. The Kier molecular flexibility index (Phi) is 4.81. The van der Waals surface area contributed by atoms with Gasteiger partial charge in [0.2, 0.25) is 0 Å². The molecule has 5 rings (SSSR count). The minimum atomic E-state index is -0.152. The van der Waals surface area contributed by atoms with Crippen LogP contribution in [0.5, 0.6) is 0 Å². The maximum absolute atomic E-state index is 12.9. The number of anilines is 2. The van der Waals surface area contributed by atoms with E-state index in [1.807, 2.05) is 43.3 Å². The van der Waals surface area contributed by atoms with E-state index in [-0.39, 0.29) is 11.7 Å². The van der Waals surface area contributed by atoms with Crippen molar-refractivity contribution in [2.24, 2.45) is 0 Å². The Balaban J connectivity index is 1.42. The van der Waals surface area contributed by atoms with Gasteiger partial charge in [-0.1, -0.05) is 12.1 Å². The Bertz CT molecular complexity index is 1400. The number of ketones is 1. The van der Waals surface area contributed by atoms with Gasteiger partial charge in [-0.25, -0.2) is 4.98 Å². The van der Waals surface area contributed by atoms with Crippen molar-refractivity contribution in [1.82, 2.24) is 14.9 Å². The molecular weight excluding hydrogens is 402 g/mol. The van der Waals surface area contributed by atoms with Crippen LogP contribution in [0.25, 0.3) is 21.7 Å². The van der Waals surface area contributed by atoms with Gasteiger partial charge in [-0.05, 0) is 66.6 Å². The fourth-order valence-corrected chi connectivity index (χ4v) is 4.76. The molecule has 0 bridgehead atoms. The number of nitrogen functional groups attached to an aromatic ring is 2. The van der Waals surface area contributed by atoms with Gasteiger partial charge in [-0.15, -0.1) is 0 Å². The first kappa shape index (κ1) is 20.1. The van der Waals surface area contributed by atoms with Crippen molar-refractivity contribution in [3.63, 3.8) is 0 Å². The Labute approximate surface area is 185 Å². The van der Waals surface area contributed by atoms with Crippen LogP contribution in [0.15, 0.2) is 42.5 Å². The highest BCUT2D eigenvalue weighted by Crippen LogP contribution is 2.33. The second kappa shape index (κ2) is 7.67. The number of nitrogens with two attached hydrogens (primary N) is 2. The summed E-state index contributed by atoms with van der Waals surface area (Å²) >= 11 is 0. The largest absolute Gasteiger partial charge is 0.384 e. The van der Waals surface area contributed by atoms with E-state index in [0.29, 0.717) is 30.2 Å². The standard InChI is InChI=1S/C25H25N5O2/c1-2-30-20-9-7-15(11-19(20)18-4-3-5-21(31)23(18)30)25(32)28-13-14-6-8-17-16(10-14)12-22(26)29-24(17)27/h6-12H,2-5,13H2,1H3,(H,28,32)(H4,26,27,29). The molecule has 2 heterocycles. The van der Waals surface area contributed by atoms with Gasteiger partial charge in [-0.3, -0.25) is 9.59 Å². The smallest absolute Gasteiger partial charge is 0.251 e. The Hall–Kier alpha value is -3.87. The number of fused-ring (bicyclic) bond motifs is 4. The molecule has 2 aromatic carbocycles. The molecule has 0 unspecified atom stereocenters. The average Bonchev–Trinajstić information content (AvgIpc) is 3.11. The number of pyridine rings is 1. The molecule has 1 aliphatic carbocycles. The fourth-order valence-electron chi connectivity index (χ4n) is 4.76. The molecule has 4 aromatic rings. The van der Waals surface area contributed by atoms with Crippen LogP contribution in [0.4, 0.5) is 11.6 Å². The monoisotopic (exact) mass is 427 g/mol. The molecule has 0 saturated heterocycles. The van der Waals surface area contributed by atoms with Crippen LogP contribution in [0.2, 0.25) is 0 Å². The molecule has 0 radical (unpaired) electrons. The maximum atomic E-state index is 12.9. The summed E-state index contributed by atoms with van der Waals surface area (Å²) in [4.78, 5) is 29.5. The lowest BCUT2D eigenvalue weighted by molar-refractivity contribution is 0.0947. The van der Waals surface area contributed by atoms with Gasteiger partial charge < -0.3 is 21.4 Å². The zero-order valence-corrected chi connectivity index (χ0v) is 17.9. The van der Waals surface area contributed by atoms with Crippen molar-refractivity contribution < 1.29 is 9.59 Å². The van der Waals surface area contributed by atoms with Crippen molar-refractivity contribution in [2.45, 2.75) is 39.3 Å². The molecule has 0 fully saturated rings. The number of hydrogen-bond donors (Lipinski definition) is 3. The third-order valence-electron chi connectivity index (χ3n) is 6.24. The number of rotatable bonds is 4. The lowest BCUT2D eigenvalue weighted by atomic mass is 9.94. The van der Waals surface area contributed by atoms with Gasteiger partial charge in [-0.2, -0.15) is 0 Å². The number of amides is 1. The number of Topliss-reactive ketones (excluding diaryl/α,β-unsaturated/α-hetero) is 1. The highest BCUT2D eigenvalue weighted by molar-refractivity contribution is 6.06. The van der Waals surface area contributed by atoms with E-state index in [2.05, 4.69) is 14.9 Å². The summed E-state index contributed by atoms with van der Waals surface area (Å²) in [6.07, 6.45) is 2.32. The van der Waals surface area contributed by atoms with Gasteiger partial charge in [0.05, 0.1) is 5.69 Å². The second-order valence-electron chi connectivity index (χ2n) is 8.25. The van der Waals surface area contributed by atoms with Crippen LogP contribution in [-0.2, 0) is 19.5 Å². The molecule has 0 atom stereocenters. The predicted molar refractivity (Wildman–Crippen MR) is 127 cm³/mol. The van der Waals surface area contributed by atoms with Gasteiger partial charge >= 0.3 is 0 Å². The molecule has 0 saturated carbocycles. The van der Waals surface area contributed by atoms with E-state index < -0.39 is 0 Å². The summed E-state index contributed by atoms with van der Waals surface area (Å²) in [5, 5.41) is 5.72.